The van der Waals surface area contributed by atoms with Crippen LogP contribution in [0.1, 0.15) is 18.1 Å². The first-order chi connectivity index (χ1) is 9.63. The van der Waals surface area contributed by atoms with Crippen molar-refractivity contribution >= 4 is 11.4 Å². The molecule has 0 spiro atoms. The van der Waals surface area contributed by atoms with E-state index in [2.05, 4.69) is 36.1 Å². The summed E-state index contributed by atoms with van der Waals surface area (Å²) in [5, 5.41) is 0. The van der Waals surface area contributed by atoms with Crippen LogP contribution in [0, 0.1) is 0 Å². The minimum absolute atomic E-state index is 0.733. The second-order valence-corrected chi connectivity index (χ2v) is 4.95. The third-order valence-electron chi connectivity index (χ3n) is 3.50. The Kier molecular flexibility index (Phi) is 4.51. The molecule has 0 fully saturated rings. The molecule has 2 aromatic rings. The number of nitrogens with two attached hydrogens (primary N) is 1. The van der Waals surface area contributed by atoms with E-state index in [9.17, 15) is 0 Å². The van der Waals surface area contributed by atoms with Gasteiger partial charge in [0, 0.05) is 19.7 Å². The molecule has 0 saturated carbocycles. The van der Waals surface area contributed by atoms with Gasteiger partial charge < -0.3 is 15.4 Å². The van der Waals surface area contributed by atoms with Gasteiger partial charge in [-0.15, -0.1) is 0 Å². The van der Waals surface area contributed by atoms with Crippen LogP contribution >= 0.6 is 0 Å². The topological polar surface area (TPSA) is 38.5 Å². The predicted molar refractivity (Wildman–Crippen MR) is 85.3 cm³/mol. The number of hydrogen-bond donors (Lipinski definition) is 1. The number of rotatable bonds is 5. The van der Waals surface area contributed by atoms with Gasteiger partial charge in [-0.05, 0) is 29.7 Å². The summed E-state index contributed by atoms with van der Waals surface area (Å²) < 4.78 is 5.18. The Hall–Kier alpha value is -2.16. The fraction of sp³-hybridized carbons (Fsp3) is 0.294. The van der Waals surface area contributed by atoms with E-state index in [4.69, 9.17) is 10.5 Å². The number of hydrogen-bond acceptors (Lipinski definition) is 3. The molecule has 106 valence electrons. The maximum Gasteiger partial charge on any atom is 0.121 e. The van der Waals surface area contributed by atoms with E-state index in [1.807, 2.05) is 25.2 Å². The molecule has 3 heteroatoms. The zero-order valence-corrected chi connectivity index (χ0v) is 12.4. The van der Waals surface area contributed by atoms with Crippen molar-refractivity contribution in [3.8, 4) is 5.75 Å². The molecule has 0 aliphatic carbocycles. The van der Waals surface area contributed by atoms with Crippen molar-refractivity contribution in [2.45, 2.75) is 19.9 Å². The van der Waals surface area contributed by atoms with Gasteiger partial charge in [0.15, 0.2) is 0 Å². The van der Waals surface area contributed by atoms with Gasteiger partial charge in [0.2, 0.25) is 0 Å². The molecule has 0 heterocycles. The van der Waals surface area contributed by atoms with Crippen LogP contribution < -0.4 is 15.4 Å². The normalized spacial score (nSPS) is 10.3. The quantitative estimate of drug-likeness (QED) is 0.845. The highest BCUT2D eigenvalue weighted by Gasteiger charge is 2.07. The molecule has 0 saturated heterocycles. The van der Waals surface area contributed by atoms with Crippen LogP contribution in [-0.2, 0) is 13.0 Å². The van der Waals surface area contributed by atoms with Gasteiger partial charge in [0.05, 0.1) is 18.5 Å². The van der Waals surface area contributed by atoms with E-state index >= 15 is 0 Å². The minimum atomic E-state index is 0.733. The molecular weight excluding hydrogens is 248 g/mol. The third kappa shape index (κ3) is 3.23. The van der Waals surface area contributed by atoms with Crippen molar-refractivity contribution in [2.24, 2.45) is 0 Å². The summed E-state index contributed by atoms with van der Waals surface area (Å²) in [5.41, 5.74) is 10.5. The summed E-state index contributed by atoms with van der Waals surface area (Å²) >= 11 is 0. The average Bonchev–Trinajstić information content (AvgIpc) is 2.47. The van der Waals surface area contributed by atoms with Crippen molar-refractivity contribution in [2.75, 3.05) is 24.8 Å². The second kappa shape index (κ2) is 6.33. The summed E-state index contributed by atoms with van der Waals surface area (Å²) in [7, 11) is 3.69. The number of benzene rings is 2. The number of nitrogens with zero attached hydrogens (tertiary/aromatic N) is 1. The molecular formula is C17H22N2O. The lowest BCUT2D eigenvalue weighted by molar-refractivity contribution is 0.415. The number of nitrogen functional groups attached to an aromatic ring is 1. The fourth-order valence-corrected chi connectivity index (χ4v) is 2.25. The molecule has 0 unspecified atom stereocenters. The Morgan fingerprint density at radius 2 is 1.70 bits per heavy atom. The van der Waals surface area contributed by atoms with E-state index in [1.54, 1.807) is 7.11 Å². The zero-order chi connectivity index (χ0) is 14.5. The van der Waals surface area contributed by atoms with Crippen molar-refractivity contribution in [1.82, 2.24) is 0 Å². The fourth-order valence-electron chi connectivity index (χ4n) is 2.25. The lowest BCUT2D eigenvalue weighted by Crippen LogP contribution is -2.17. The Morgan fingerprint density at radius 3 is 2.25 bits per heavy atom. The standard InChI is InChI=1S/C17H22N2O/c1-4-13-5-7-14(8-6-13)12-19(2)17-10-9-15(20-3)11-16(17)18/h5-11H,4,12,18H2,1-3H3. The first-order valence-electron chi connectivity index (χ1n) is 6.86. The lowest BCUT2D eigenvalue weighted by Gasteiger charge is -2.21. The Labute approximate surface area is 121 Å². The smallest absolute Gasteiger partial charge is 0.121 e. The third-order valence-corrected chi connectivity index (χ3v) is 3.50. The molecule has 0 radical (unpaired) electrons. The summed E-state index contributed by atoms with van der Waals surface area (Å²) in [5.74, 6) is 0.784. The van der Waals surface area contributed by atoms with E-state index in [1.165, 1.54) is 11.1 Å². The van der Waals surface area contributed by atoms with Crippen molar-refractivity contribution < 1.29 is 4.74 Å². The largest absolute Gasteiger partial charge is 0.497 e. The Morgan fingerprint density at radius 1 is 1.05 bits per heavy atom. The van der Waals surface area contributed by atoms with E-state index in [0.29, 0.717) is 0 Å². The molecule has 0 aliphatic rings. The second-order valence-electron chi connectivity index (χ2n) is 4.95. The van der Waals surface area contributed by atoms with Crippen molar-refractivity contribution in [3.63, 3.8) is 0 Å². The van der Waals surface area contributed by atoms with Gasteiger partial charge in [0.1, 0.15) is 5.75 Å². The molecule has 0 aliphatic heterocycles. The van der Waals surface area contributed by atoms with Crippen LogP contribution in [-0.4, -0.2) is 14.2 Å². The molecule has 0 atom stereocenters. The molecule has 0 amide bonds. The van der Waals surface area contributed by atoms with Crippen molar-refractivity contribution in [3.05, 3.63) is 53.6 Å². The van der Waals surface area contributed by atoms with Crippen LogP contribution in [0.2, 0.25) is 0 Å². The van der Waals surface area contributed by atoms with Crippen molar-refractivity contribution in [1.29, 1.82) is 0 Å². The van der Waals surface area contributed by atoms with Crippen LogP contribution in [0.4, 0.5) is 11.4 Å². The monoisotopic (exact) mass is 270 g/mol. The summed E-state index contributed by atoms with van der Waals surface area (Å²) in [4.78, 5) is 2.15. The summed E-state index contributed by atoms with van der Waals surface area (Å²) in [6.45, 7) is 3.00. The first kappa shape index (κ1) is 14.3. The van der Waals surface area contributed by atoms with Gasteiger partial charge in [-0.2, -0.15) is 0 Å². The predicted octanol–water partition coefficient (Wildman–Crippen LogP) is 3.48. The van der Waals surface area contributed by atoms with E-state index in [-0.39, 0.29) is 0 Å². The Bertz CT molecular complexity index is 564. The number of methoxy groups -OCH3 is 1. The SMILES string of the molecule is CCc1ccc(CN(C)c2ccc(OC)cc2N)cc1. The lowest BCUT2D eigenvalue weighted by atomic mass is 10.1. The molecule has 0 aromatic heterocycles. The van der Waals surface area contributed by atoms with Crippen LogP contribution in [0.3, 0.4) is 0 Å². The highest BCUT2D eigenvalue weighted by atomic mass is 16.5. The molecule has 2 N–H and O–H groups in total. The molecule has 2 aromatic carbocycles. The highest BCUT2D eigenvalue weighted by molar-refractivity contribution is 5.69. The molecule has 2 rings (SSSR count). The first-order valence-corrected chi connectivity index (χ1v) is 6.86. The van der Waals surface area contributed by atoms with Crippen LogP contribution in [0.5, 0.6) is 5.75 Å². The minimum Gasteiger partial charge on any atom is -0.497 e. The average molecular weight is 270 g/mol. The molecule has 3 nitrogen and oxygen atoms in total. The van der Waals surface area contributed by atoms with E-state index < -0.39 is 0 Å². The number of anilines is 2. The van der Waals surface area contributed by atoms with Gasteiger partial charge >= 0.3 is 0 Å². The number of ether oxygens (including phenoxy) is 1. The van der Waals surface area contributed by atoms with E-state index in [0.717, 1.165) is 30.1 Å². The highest BCUT2D eigenvalue weighted by Crippen LogP contribution is 2.27. The summed E-state index contributed by atoms with van der Waals surface area (Å²) in [6.07, 6.45) is 1.07. The van der Waals surface area contributed by atoms with Crippen LogP contribution in [0.15, 0.2) is 42.5 Å². The van der Waals surface area contributed by atoms with Gasteiger partial charge in [-0.25, -0.2) is 0 Å². The summed E-state index contributed by atoms with van der Waals surface area (Å²) in [6, 6.07) is 14.5. The Balaban J connectivity index is 2.12. The maximum absolute atomic E-state index is 6.08. The van der Waals surface area contributed by atoms with Gasteiger partial charge in [-0.3, -0.25) is 0 Å². The van der Waals surface area contributed by atoms with Gasteiger partial charge in [-0.1, -0.05) is 31.2 Å². The zero-order valence-electron chi connectivity index (χ0n) is 12.4. The molecule has 0 bridgehead atoms. The van der Waals surface area contributed by atoms with Gasteiger partial charge in [0.25, 0.3) is 0 Å². The maximum atomic E-state index is 6.08. The van der Waals surface area contributed by atoms with Crippen LogP contribution in [0.25, 0.3) is 0 Å². The molecule has 20 heavy (non-hydrogen) atoms. The number of aryl methyl sites for hydroxylation is 1.